The molecule has 0 aromatic heterocycles. The van der Waals surface area contributed by atoms with Crippen LogP contribution in [0.1, 0.15) is 38.3 Å². The maximum absolute atomic E-state index is 5.76. The van der Waals surface area contributed by atoms with E-state index in [9.17, 15) is 0 Å². The molecule has 0 aliphatic heterocycles. The molecular weight excluding hydrogens is 186 g/mol. The summed E-state index contributed by atoms with van der Waals surface area (Å²) in [4.78, 5) is 0. The molecule has 0 unspecified atom stereocenters. The first-order chi connectivity index (χ1) is 7.29. The van der Waals surface area contributed by atoms with Gasteiger partial charge in [-0.15, -0.1) is 0 Å². The molecule has 0 radical (unpaired) electrons. The van der Waals surface area contributed by atoms with Crippen LogP contribution in [0.2, 0.25) is 0 Å². The van der Waals surface area contributed by atoms with Gasteiger partial charge in [0.2, 0.25) is 0 Å². The number of rotatable bonds is 6. The van der Waals surface area contributed by atoms with Crippen LogP contribution in [0, 0.1) is 0 Å². The van der Waals surface area contributed by atoms with Crippen molar-refractivity contribution in [1.29, 1.82) is 0 Å². The molecule has 0 bridgehead atoms. The Kier molecular flexibility index (Phi) is 5.19. The number of benzene rings is 1. The summed E-state index contributed by atoms with van der Waals surface area (Å²) in [6.45, 7) is 5.12. The Morgan fingerprint density at radius 1 is 1.33 bits per heavy atom. The van der Waals surface area contributed by atoms with Gasteiger partial charge in [-0.2, -0.15) is 0 Å². The van der Waals surface area contributed by atoms with Crippen molar-refractivity contribution < 1.29 is 4.74 Å². The molecule has 2 heteroatoms. The highest BCUT2D eigenvalue weighted by Gasteiger charge is 2.08. The van der Waals surface area contributed by atoms with Crippen LogP contribution in [0.5, 0.6) is 5.75 Å². The topological polar surface area (TPSA) is 21.3 Å². The lowest BCUT2D eigenvalue weighted by molar-refractivity contribution is 0.304. The van der Waals surface area contributed by atoms with Crippen molar-refractivity contribution in [3.8, 4) is 5.75 Å². The van der Waals surface area contributed by atoms with Crippen LogP contribution in [0.4, 0.5) is 0 Å². The Morgan fingerprint density at radius 3 is 2.73 bits per heavy atom. The number of unbranched alkanes of at least 4 members (excludes halogenated alkanes) is 1. The monoisotopic (exact) mass is 207 g/mol. The van der Waals surface area contributed by atoms with E-state index in [4.69, 9.17) is 4.74 Å². The van der Waals surface area contributed by atoms with Crippen LogP contribution in [0.3, 0.4) is 0 Å². The van der Waals surface area contributed by atoms with Gasteiger partial charge in [0.05, 0.1) is 6.61 Å². The number of hydrogen-bond acceptors (Lipinski definition) is 2. The molecule has 0 saturated heterocycles. The Morgan fingerprint density at radius 2 is 2.07 bits per heavy atom. The smallest absolute Gasteiger partial charge is 0.124 e. The normalized spacial score (nSPS) is 12.5. The Bertz CT molecular complexity index is 286. The molecular formula is C13H21NO. The highest BCUT2D eigenvalue weighted by Crippen LogP contribution is 2.24. The van der Waals surface area contributed by atoms with E-state index < -0.39 is 0 Å². The van der Waals surface area contributed by atoms with Crippen LogP contribution < -0.4 is 10.1 Å². The first kappa shape index (κ1) is 12.1. The predicted octanol–water partition coefficient (Wildman–Crippen LogP) is 3.15. The second-order valence-electron chi connectivity index (χ2n) is 3.75. The van der Waals surface area contributed by atoms with Crippen molar-refractivity contribution in [2.24, 2.45) is 0 Å². The van der Waals surface area contributed by atoms with Crippen molar-refractivity contribution in [2.45, 2.75) is 32.7 Å². The number of para-hydroxylation sites is 1. The van der Waals surface area contributed by atoms with Gasteiger partial charge in [0, 0.05) is 11.6 Å². The first-order valence-electron chi connectivity index (χ1n) is 5.68. The summed E-state index contributed by atoms with van der Waals surface area (Å²) in [5.74, 6) is 1.01. The Labute approximate surface area is 92.6 Å². The fourth-order valence-electron chi connectivity index (χ4n) is 1.45. The zero-order chi connectivity index (χ0) is 11.1. The summed E-state index contributed by atoms with van der Waals surface area (Å²) >= 11 is 0. The van der Waals surface area contributed by atoms with Crippen molar-refractivity contribution in [2.75, 3.05) is 13.7 Å². The number of hydrogen-bond donors (Lipinski definition) is 1. The molecule has 1 aromatic rings. The average molecular weight is 207 g/mol. The Hall–Kier alpha value is -1.02. The summed E-state index contributed by atoms with van der Waals surface area (Å²) in [7, 11) is 1.97. The second-order valence-corrected chi connectivity index (χ2v) is 3.75. The second kappa shape index (κ2) is 6.46. The van der Waals surface area contributed by atoms with Gasteiger partial charge in [0.1, 0.15) is 5.75 Å². The van der Waals surface area contributed by atoms with Crippen LogP contribution >= 0.6 is 0 Å². The van der Waals surface area contributed by atoms with Crippen LogP contribution in [-0.2, 0) is 0 Å². The summed E-state index contributed by atoms with van der Waals surface area (Å²) < 4.78 is 5.76. The van der Waals surface area contributed by atoms with E-state index in [2.05, 4.69) is 31.3 Å². The van der Waals surface area contributed by atoms with Gasteiger partial charge < -0.3 is 10.1 Å². The molecule has 0 aliphatic rings. The summed E-state index contributed by atoms with van der Waals surface area (Å²) in [5.41, 5.74) is 1.23. The van der Waals surface area contributed by atoms with Gasteiger partial charge >= 0.3 is 0 Å². The SMILES string of the molecule is CCCCOc1ccccc1[C@@H](C)NC. The molecule has 0 spiro atoms. The van der Waals surface area contributed by atoms with E-state index >= 15 is 0 Å². The molecule has 2 nitrogen and oxygen atoms in total. The van der Waals surface area contributed by atoms with Gasteiger partial charge in [0.25, 0.3) is 0 Å². The van der Waals surface area contributed by atoms with E-state index in [1.807, 2.05) is 19.2 Å². The van der Waals surface area contributed by atoms with Crippen molar-refractivity contribution in [3.63, 3.8) is 0 Å². The molecule has 0 amide bonds. The van der Waals surface area contributed by atoms with E-state index in [1.165, 1.54) is 12.0 Å². The molecule has 15 heavy (non-hydrogen) atoms. The molecule has 1 N–H and O–H groups in total. The van der Waals surface area contributed by atoms with E-state index in [0.717, 1.165) is 18.8 Å². The minimum absolute atomic E-state index is 0.336. The average Bonchev–Trinajstić information content (AvgIpc) is 2.29. The third-order valence-electron chi connectivity index (χ3n) is 2.57. The first-order valence-corrected chi connectivity index (χ1v) is 5.68. The quantitative estimate of drug-likeness (QED) is 0.723. The predicted molar refractivity (Wildman–Crippen MR) is 64.3 cm³/mol. The lowest BCUT2D eigenvalue weighted by atomic mass is 10.1. The molecule has 0 heterocycles. The van der Waals surface area contributed by atoms with Gasteiger partial charge in [-0.3, -0.25) is 0 Å². The van der Waals surface area contributed by atoms with Crippen LogP contribution in [-0.4, -0.2) is 13.7 Å². The fourth-order valence-corrected chi connectivity index (χ4v) is 1.45. The highest BCUT2D eigenvalue weighted by atomic mass is 16.5. The minimum Gasteiger partial charge on any atom is -0.493 e. The van der Waals surface area contributed by atoms with E-state index in [0.29, 0.717) is 6.04 Å². The van der Waals surface area contributed by atoms with E-state index in [1.54, 1.807) is 0 Å². The summed E-state index contributed by atoms with van der Waals surface area (Å²) in [5, 5.41) is 3.23. The molecule has 0 fully saturated rings. The largest absolute Gasteiger partial charge is 0.493 e. The zero-order valence-electron chi connectivity index (χ0n) is 9.92. The summed E-state index contributed by atoms with van der Waals surface area (Å²) in [6.07, 6.45) is 2.28. The maximum atomic E-state index is 5.76. The third kappa shape index (κ3) is 3.56. The van der Waals surface area contributed by atoms with E-state index in [-0.39, 0.29) is 0 Å². The third-order valence-corrected chi connectivity index (χ3v) is 2.57. The Balaban J connectivity index is 2.68. The minimum atomic E-state index is 0.336. The van der Waals surface area contributed by atoms with Crippen LogP contribution in [0.15, 0.2) is 24.3 Å². The van der Waals surface area contributed by atoms with Gasteiger partial charge in [-0.25, -0.2) is 0 Å². The van der Waals surface area contributed by atoms with Gasteiger partial charge in [-0.1, -0.05) is 31.5 Å². The van der Waals surface area contributed by atoms with Crippen molar-refractivity contribution in [1.82, 2.24) is 5.32 Å². The molecule has 0 saturated carbocycles. The van der Waals surface area contributed by atoms with Crippen molar-refractivity contribution in [3.05, 3.63) is 29.8 Å². The molecule has 1 aromatic carbocycles. The number of nitrogens with one attached hydrogen (secondary N) is 1. The number of ether oxygens (including phenoxy) is 1. The molecule has 1 atom stereocenters. The van der Waals surface area contributed by atoms with Crippen molar-refractivity contribution >= 4 is 0 Å². The standard InChI is InChI=1S/C13H21NO/c1-4-5-10-15-13-9-7-6-8-12(13)11(2)14-3/h6-9,11,14H,4-5,10H2,1-3H3/t11-/m1/s1. The molecule has 1 rings (SSSR count). The zero-order valence-corrected chi connectivity index (χ0v) is 9.92. The summed E-state index contributed by atoms with van der Waals surface area (Å²) in [6, 6.07) is 8.56. The van der Waals surface area contributed by atoms with Gasteiger partial charge in [0.15, 0.2) is 0 Å². The molecule has 84 valence electrons. The fraction of sp³-hybridized carbons (Fsp3) is 0.538. The maximum Gasteiger partial charge on any atom is 0.124 e. The highest BCUT2D eigenvalue weighted by molar-refractivity contribution is 5.35. The molecule has 0 aliphatic carbocycles. The lowest BCUT2D eigenvalue weighted by Gasteiger charge is -2.16. The lowest BCUT2D eigenvalue weighted by Crippen LogP contribution is -2.13. The van der Waals surface area contributed by atoms with Crippen LogP contribution in [0.25, 0.3) is 0 Å². The van der Waals surface area contributed by atoms with Gasteiger partial charge in [-0.05, 0) is 26.5 Å².